The van der Waals surface area contributed by atoms with E-state index in [0.717, 1.165) is 29.9 Å². The molecule has 3 rings (SSSR count). The topological polar surface area (TPSA) is 38.8 Å². The molecule has 0 bridgehead atoms. The molecule has 1 aliphatic heterocycles. The summed E-state index contributed by atoms with van der Waals surface area (Å²) in [5, 5.41) is 0. The van der Waals surface area contributed by atoms with E-state index in [2.05, 4.69) is 19.1 Å². The third-order valence-corrected chi connectivity index (χ3v) is 5.92. The van der Waals surface area contributed by atoms with Crippen molar-refractivity contribution in [3.63, 3.8) is 0 Å². The van der Waals surface area contributed by atoms with Gasteiger partial charge >= 0.3 is 0 Å². The van der Waals surface area contributed by atoms with Crippen LogP contribution in [0.15, 0.2) is 53.4 Å². The van der Waals surface area contributed by atoms with Crippen LogP contribution in [-0.2, 0) is 11.2 Å². The van der Waals surface area contributed by atoms with Gasteiger partial charge in [-0.1, -0.05) is 61.2 Å². The van der Waals surface area contributed by atoms with Gasteiger partial charge in [-0.2, -0.15) is 0 Å². The van der Waals surface area contributed by atoms with Crippen molar-refractivity contribution in [3.8, 4) is 11.5 Å². The van der Waals surface area contributed by atoms with Gasteiger partial charge in [0.05, 0.1) is 18.1 Å². The highest BCUT2D eigenvalue weighted by molar-refractivity contribution is 8.26. The molecule has 0 saturated carbocycles. The van der Waals surface area contributed by atoms with Crippen molar-refractivity contribution in [2.45, 2.75) is 26.7 Å². The van der Waals surface area contributed by atoms with Crippen LogP contribution in [0.5, 0.6) is 11.5 Å². The largest absolute Gasteiger partial charge is 0.493 e. The Hall–Kier alpha value is -2.31. The number of nitrogens with zero attached hydrogens (tertiary/aromatic N) is 1. The van der Waals surface area contributed by atoms with Crippen LogP contribution < -0.4 is 9.47 Å². The van der Waals surface area contributed by atoms with Crippen LogP contribution in [-0.4, -0.2) is 34.9 Å². The maximum Gasteiger partial charge on any atom is 0.266 e. The Balaban J connectivity index is 1.53. The second-order valence-corrected chi connectivity index (χ2v) is 8.19. The number of thiocarbonyl (C=S) groups is 1. The minimum Gasteiger partial charge on any atom is -0.493 e. The molecule has 2 aromatic carbocycles. The van der Waals surface area contributed by atoms with Gasteiger partial charge in [0.25, 0.3) is 5.91 Å². The Labute approximate surface area is 181 Å². The number of likely N-dealkylation sites (N-methyl/N-ethyl adjacent to an activating group) is 1. The molecule has 0 atom stereocenters. The number of aryl methyl sites for hydroxylation is 1. The van der Waals surface area contributed by atoms with Crippen molar-refractivity contribution < 1.29 is 14.3 Å². The van der Waals surface area contributed by atoms with Crippen molar-refractivity contribution in [3.05, 3.63) is 64.6 Å². The molecular weight excluding hydrogens is 402 g/mol. The lowest BCUT2D eigenvalue weighted by Crippen LogP contribution is -2.27. The molecule has 0 N–H and O–H groups in total. The van der Waals surface area contributed by atoms with E-state index >= 15 is 0 Å². The molecule has 1 aliphatic rings. The molecule has 1 saturated heterocycles. The molecule has 2 aromatic rings. The highest BCUT2D eigenvalue weighted by atomic mass is 32.2. The average molecular weight is 428 g/mol. The quantitative estimate of drug-likeness (QED) is 0.308. The van der Waals surface area contributed by atoms with Crippen LogP contribution in [0.4, 0.5) is 0 Å². The molecule has 0 unspecified atom stereocenters. The molecule has 1 amide bonds. The molecule has 0 aromatic heterocycles. The zero-order valence-corrected chi connectivity index (χ0v) is 18.4. The maximum atomic E-state index is 12.4. The first kappa shape index (κ1) is 21.4. The number of amides is 1. The molecule has 6 heteroatoms. The average Bonchev–Trinajstić information content (AvgIpc) is 3.01. The minimum absolute atomic E-state index is 0.0419. The van der Waals surface area contributed by atoms with E-state index < -0.39 is 0 Å². The number of benzene rings is 2. The number of hydrogen-bond donors (Lipinski definition) is 0. The number of ether oxygens (including phenoxy) is 2. The molecule has 1 fully saturated rings. The van der Waals surface area contributed by atoms with Crippen molar-refractivity contribution in [1.82, 2.24) is 4.90 Å². The van der Waals surface area contributed by atoms with Crippen LogP contribution in [0.2, 0.25) is 0 Å². The number of hydrogen-bond acceptors (Lipinski definition) is 5. The fraction of sp³-hybridized carbons (Fsp3) is 0.304. The highest BCUT2D eigenvalue weighted by Gasteiger charge is 2.30. The summed E-state index contributed by atoms with van der Waals surface area (Å²) in [5.41, 5.74) is 2.17. The normalized spacial score (nSPS) is 15.2. The Bertz CT molecular complexity index is 893. The first-order chi connectivity index (χ1) is 14.1. The Kier molecular flexibility index (Phi) is 7.72. The SMILES string of the molecule is CCc1ccc(OCCCOc2ccccc2/C=C2/SC(=S)N(CC)C2=O)cc1. The van der Waals surface area contributed by atoms with Gasteiger partial charge < -0.3 is 9.47 Å². The summed E-state index contributed by atoms with van der Waals surface area (Å²) in [6, 6.07) is 15.9. The summed E-state index contributed by atoms with van der Waals surface area (Å²) in [6.45, 7) is 5.76. The molecule has 1 heterocycles. The van der Waals surface area contributed by atoms with E-state index in [1.54, 1.807) is 4.90 Å². The predicted octanol–water partition coefficient (Wildman–Crippen LogP) is 5.32. The number of thioether (sulfide) groups is 1. The van der Waals surface area contributed by atoms with Gasteiger partial charge in [-0.05, 0) is 43.2 Å². The highest BCUT2D eigenvalue weighted by Crippen LogP contribution is 2.34. The summed E-state index contributed by atoms with van der Waals surface area (Å²) < 4.78 is 12.3. The second-order valence-electron chi connectivity index (χ2n) is 6.51. The zero-order valence-electron chi connectivity index (χ0n) is 16.7. The molecular formula is C23H25NO3S2. The van der Waals surface area contributed by atoms with Crippen LogP contribution in [0, 0.1) is 0 Å². The monoisotopic (exact) mass is 427 g/mol. The van der Waals surface area contributed by atoms with Gasteiger partial charge in [-0.15, -0.1) is 0 Å². The lowest BCUT2D eigenvalue weighted by atomic mass is 10.2. The van der Waals surface area contributed by atoms with Crippen LogP contribution in [0.3, 0.4) is 0 Å². The van der Waals surface area contributed by atoms with Crippen molar-refractivity contribution in [2.24, 2.45) is 0 Å². The lowest BCUT2D eigenvalue weighted by molar-refractivity contribution is -0.121. The third-order valence-electron chi connectivity index (χ3n) is 4.54. The number of para-hydroxylation sites is 1. The second kappa shape index (κ2) is 10.5. The lowest BCUT2D eigenvalue weighted by Gasteiger charge is -2.11. The Morgan fingerprint density at radius 3 is 2.45 bits per heavy atom. The van der Waals surface area contributed by atoms with Gasteiger partial charge in [0.1, 0.15) is 15.8 Å². The summed E-state index contributed by atoms with van der Waals surface area (Å²) >= 11 is 6.61. The number of carbonyl (C=O) groups excluding carboxylic acids is 1. The summed E-state index contributed by atoms with van der Waals surface area (Å²) in [7, 11) is 0. The molecule has 152 valence electrons. The van der Waals surface area contributed by atoms with Gasteiger partial charge in [0, 0.05) is 18.5 Å². The maximum absolute atomic E-state index is 12.4. The minimum atomic E-state index is -0.0419. The summed E-state index contributed by atoms with van der Waals surface area (Å²) in [4.78, 5) is 14.7. The number of rotatable bonds is 9. The predicted molar refractivity (Wildman–Crippen MR) is 123 cm³/mol. The standard InChI is InChI=1S/C23H25NO3S2/c1-3-17-10-12-19(13-11-17)26-14-7-15-27-20-9-6-5-8-18(20)16-21-22(25)24(4-2)23(28)29-21/h5-6,8-13,16H,3-4,7,14-15H2,1-2H3/b21-16+. The zero-order chi connectivity index (χ0) is 20.6. The number of carbonyl (C=O) groups is 1. The van der Waals surface area contributed by atoms with Crippen LogP contribution in [0.1, 0.15) is 31.4 Å². The van der Waals surface area contributed by atoms with E-state index in [1.165, 1.54) is 17.3 Å². The Morgan fingerprint density at radius 2 is 1.76 bits per heavy atom. The smallest absolute Gasteiger partial charge is 0.266 e. The molecule has 4 nitrogen and oxygen atoms in total. The van der Waals surface area contributed by atoms with Crippen molar-refractivity contribution in [1.29, 1.82) is 0 Å². The van der Waals surface area contributed by atoms with E-state index in [1.807, 2.05) is 49.4 Å². The van der Waals surface area contributed by atoms with Crippen molar-refractivity contribution in [2.75, 3.05) is 19.8 Å². The summed E-state index contributed by atoms with van der Waals surface area (Å²) in [6.07, 6.45) is 3.65. The summed E-state index contributed by atoms with van der Waals surface area (Å²) in [5.74, 6) is 1.59. The Morgan fingerprint density at radius 1 is 1.03 bits per heavy atom. The van der Waals surface area contributed by atoms with Gasteiger partial charge in [0.2, 0.25) is 0 Å². The van der Waals surface area contributed by atoms with Gasteiger partial charge in [-0.3, -0.25) is 9.69 Å². The third kappa shape index (κ3) is 5.61. The fourth-order valence-corrected chi connectivity index (χ4v) is 4.27. The molecule has 0 radical (unpaired) electrons. The molecule has 29 heavy (non-hydrogen) atoms. The van der Waals surface area contributed by atoms with Crippen LogP contribution in [0.25, 0.3) is 6.08 Å². The fourth-order valence-electron chi connectivity index (χ4n) is 2.90. The molecule has 0 spiro atoms. The van der Waals surface area contributed by atoms with E-state index in [9.17, 15) is 4.79 Å². The first-order valence-electron chi connectivity index (χ1n) is 9.81. The van der Waals surface area contributed by atoms with Gasteiger partial charge in [-0.25, -0.2) is 0 Å². The van der Waals surface area contributed by atoms with E-state index in [-0.39, 0.29) is 5.91 Å². The van der Waals surface area contributed by atoms with Crippen molar-refractivity contribution >= 4 is 40.3 Å². The first-order valence-corrected chi connectivity index (χ1v) is 11.0. The van der Waals surface area contributed by atoms with E-state index in [0.29, 0.717) is 29.0 Å². The van der Waals surface area contributed by atoms with Gasteiger partial charge in [0.15, 0.2) is 0 Å². The van der Waals surface area contributed by atoms with Crippen LogP contribution >= 0.6 is 24.0 Å². The molecule has 0 aliphatic carbocycles. The van der Waals surface area contributed by atoms with E-state index in [4.69, 9.17) is 21.7 Å².